The molecule has 0 saturated carbocycles. The van der Waals surface area contributed by atoms with Crippen LogP contribution in [0.3, 0.4) is 0 Å². The fraction of sp³-hybridized carbons (Fsp3) is 0.750. The van der Waals surface area contributed by atoms with Gasteiger partial charge in [0.1, 0.15) is 5.82 Å². The minimum atomic E-state index is 0.685. The van der Waals surface area contributed by atoms with Gasteiger partial charge >= 0.3 is 0 Å². The molecule has 4 heteroatoms. The van der Waals surface area contributed by atoms with Crippen LogP contribution in [0.2, 0.25) is 0 Å². The highest BCUT2D eigenvalue weighted by molar-refractivity contribution is 4.92. The predicted molar refractivity (Wildman–Crippen MR) is 67.3 cm³/mol. The fourth-order valence-corrected chi connectivity index (χ4v) is 1.49. The average molecular weight is 224 g/mol. The van der Waals surface area contributed by atoms with Gasteiger partial charge in [0.2, 0.25) is 0 Å². The van der Waals surface area contributed by atoms with Crippen LogP contribution in [0.15, 0.2) is 12.4 Å². The third-order valence-corrected chi connectivity index (χ3v) is 2.43. The van der Waals surface area contributed by atoms with E-state index in [4.69, 9.17) is 0 Å². The van der Waals surface area contributed by atoms with E-state index in [1.54, 1.807) is 0 Å². The molecule has 0 radical (unpaired) electrons. The second-order valence-electron chi connectivity index (χ2n) is 4.86. The number of aromatic nitrogens is 2. The highest BCUT2D eigenvalue weighted by Crippen LogP contribution is 1.98. The van der Waals surface area contributed by atoms with Crippen molar-refractivity contribution in [3.63, 3.8) is 0 Å². The summed E-state index contributed by atoms with van der Waals surface area (Å²) in [7, 11) is 4.18. The van der Waals surface area contributed by atoms with Gasteiger partial charge in [-0.3, -0.25) is 0 Å². The maximum Gasteiger partial charge on any atom is 0.122 e. The van der Waals surface area contributed by atoms with Crippen LogP contribution < -0.4 is 5.32 Å². The summed E-state index contributed by atoms with van der Waals surface area (Å²) in [4.78, 5) is 6.56. The zero-order chi connectivity index (χ0) is 12.0. The summed E-state index contributed by atoms with van der Waals surface area (Å²) in [6, 6.07) is 0. The smallest absolute Gasteiger partial charge is 0.122 e. The Morgan fingerprint density at radius 3 is 2.81 bits per heavy atom. The number of rotatable bonds is 7. The van der Waals surface area contributed by atoms with Crippen LogP contribution in [0, 0.1) is 5.92 Å². The van der Waals surface area contributed by atoms with E-state index < -0.39 is 0 Å². The van der Waals surface area contributed by atoms with Gasteiger partial charge in [-0.1, -0.05) is 13.8 Å². The molecule has 4 nitrogen and oxygen atoms in total. The Bertz CT molecular complexity index is 291. The van der Waals surface area contributed by atoms with E-state index in [2.05, 4.69) is 53.9 Å². The van der Waals surface area contributed by atoms with Crippen molar-refractivity contribution in [2.45, 2.75) is 26.9 Å². The van der Waals surface area contributed by atoms with Gasteiger partial charge in [0.05, 0.1) is 6.54 Å². The van der Waals surface area contributed by atoms with E-state index in [0.29, 0.717) is 5.92 Å². The molecule has 0 fully saturated rings. The first-order valence-electron chi connectivity index (χ1n) is 5.95. The zero-order valence-electron chi connectivity index (χ0n) is 10.9. The number of nitrogens with one attached hydrogen (secondary N) is 1. The van der Waals surface area contributed by atoms with Gasteiger partial charge in [0.25, 0.3) is 0 Å². The van der Waals surface area contributed by atoms with Gasteiger partial charge in [-0.05, 0) is 26.6 Å². The number of nitrogens with zero attached hydrogens (tertiary/aromatic N) is 3. The van der Waals surface area contributed by atoms with Gasteiger partial charge in [-0.25, -0.2) is 4.98 Å². The molecule has 1 aromatic rings. The van der Waals surface area contributed by atoms with E-state index in [1.807, 2.05) is 6.20 Å². The summed E-state index contributed by atoms with van der Waals surface area (Å²) in [6.07, 6.45) is 3.93. The normalized spacial score (nSPS) is 11.6. The summed E-state index contributed by atoms with van der Waals surface area (Å²) in [6.45, 7) is 8.38. The van der Waals surface area contributed by atoms with E-state index in [0.717, 1.165) is 32.0 Å². The van der Waals surface area contributed by atoms with E-state index in [9.17, 15) is 0 Å². The van der Waals surface area contributed by atoms with Crippen molar-refractivity contribution >= 4 is 0 Å². The van der Waals surface area contributed by atoms with Crippen LogP contribution in [0.25, 0.3) is 0 Å². The fourth-order valence-electron chi connectivity index (χ4n) is 1.49. The third-order valence-electron chi connectivity index (χ3n) is 2.43. The minimum absolute atomic E-state index is 0.685. The van der Waals surface area contributed by atoms with Crippen molar-refractivity contribution in [3.05, 3.63) is 18.2 Å². The average Bonchev–Trinajstić information content (AvgIpc) is 2.62. The van der Waals surface area contributed by atoms with Gasteiger partial charge in [-0.15, -0.1) is 0 Å². The van der Waals surface area contributed by atoms with Crippen molar-refractivity contribution in [1.29, 1.82) is 0 Å². The molecule has 0 aliphatic heterocycles. The Labute approximate surface area is 98.7 Å². The predicted octanol–water partition coefficient (Wildman–Crippen LogP) is 1.19. The molecule has 92 valence electrons. The molecule has 1 N–H and O–H groups in total. The Hall–Kier alpha value is -0.870. The highest BCUT2D eigenvalue weighted by Gasteiger charge is 2.03. The van der Waals surface area contributed by atoms with Crippen molar-refractivity contribution in [2.24, 2.45) is 5.92 Å². The maximum absolute atomic E-state index is 4.37. The van der Waals surface area contributed by atoms with Crippen LogP contribution in [-0.2, 0) is 13.1 Å². The van der Waals surface area contributed by atoms with Gasteiger partial charge in [0, 0.05) is 25.5 Å². The van der Waals surface area contributed by atoms with Crippen LogP contribution in [-0.4, -0.2) is 41.6 Å². The summed E-state index contributed by atoms with van der Waals surface area (Å²) in [5.74, 6) is 1.81. The first-order valence-corrected chi connectivity index (χ1v) is 5.95. The number of imidazole rings is 1. The summed E-state index contributed by atoms with van der Waals surface area (Å²) in [5, 5.41) is 3.42. The molecule has 1 aromatic heterocycles. The lowest BCUT2D eigenvalue weighted by molar-refractivity contribution is 0.379. The molecule has 0 saturated heterocycles. The molecular formula is C12H24N4. The lowest BCUT2D eigenvalue weighted by Crippen LogP contribution is -2.23. The highest BCUT2D eigenvalue weighted by atomic mass is 15.1. The Kier molecular flexibility index (Phi) is 5.49. The van der Waals surface area contributed by atoms with Crippen LogP contribution >= 0.6 is 0 Å². The first kappa shape index (κ1) is 13.2. The SMILES string of the molecule is CC(C)CNCc1nccn1CCN(C)C. The molecule has 0 unspecified atom stereocenters. The molecule has 0 aliphatic carbocycles. The van der Waals surface area contributed by atoms with E-state index in [1.165, 1.54) is 0 Å². The van der Waals surface area contributed by atoms with Crippen LogP contribution in [0.5, 0.6) is 0 Å². The molecule has 16 heavy (non-hydrogen) atoms. The minimum Gasteiger partial charge on any atom is -0.333 e. The summed E-state index contributed by atoms with van der Waals surface area (Å²) in [5.41, 5.74) is 0. The largest absolute Gasteiger partial charge is 0.333 e. The molecule has 1 rings (SSSR count). The lowest BCUT2D eigenvalue weighted by atomic mass is 10.2. The van der Waals surface area contributed by atoms with Gasteiger partial charge in [0.15, 0.2) is 0 Å². The number of hydrogen-bond donors (Lipinski definition) is 1. The molecule has 0 aromatic carbocycles. The lowest BCUT2D eigenvalue weighted by Gasteiger charge is -2.13. The third kappa shape index (κ3) is 4.77. The molecule has 0 spiro atoms. The summed E-state index contributed by atoms with van der Waals surface area (Å²) < 4.78 is 2.22. The second kappa shape index (κ2) is 6.66. The van der Waals surface area contributed by atoms with Crippen molar-refractivity contribution < 1.29 is 0 Å². The second-order valence-corrected chi connectivity index (χ2v) is 4.86. The molecule has 0 atom stereocenters. The van der Waals surface area contributed by atoms with Crippen molar-refractivity contribution in [1.82, 2.24) is 19.8 Å². The van der Waals surface area contributed by atoms with Crippen molar-refractivity contribution in [2.75, 3.05) is 27.2 Å². The molecular weight excluding hydrogens is 200 g/mol. The first-order chi connectivity index (χ1) is 7.59. The van der Waals surface area contributed by atoms with Crippen LogP contribution in [0.4, 0.5) is 0 Å². The monoisotopic (exact) mass is 224 g/mol. The Morgan fingerprint density at radius 1 is 1.44 bits per heavy atom. The molecule has 0 amide bonds. The molecule has 1 heterocycles. The van der Waals surface area contributed by atoms with E-state index >= 15 is 0 Å². The van der Waals surface area contributed by atoms with E-state index in [-0.39, 0.29) is 0 Å². The molecule has 0 aliphatic rings. The standard InChI is InChI=1S/C12H24N4/c1-11(2)9-13-10-12-14-5-6-16(12)8-7-15(3)4/h5-6,11,13H,7-10H2,1-4H3. The Balaban J connectivity index is 2.38. The number of likely N-dealkylation sites (N-methyl/N-ethyl adjacent to an activating group) is 1. The Morgan fingerprint density at radius 2 is 2.19 bits per heavy atom. The quantitative estimate of drug-likeness (QED) is 0.755. The zero-order valence-corrected chi connectivity index (χ0v) is 10.9. The van der Waals surface area contributed by atoms with Crippen molar-refractivity contribution in [3.8, 4) is 0 Å². The summed E-state index contributed by atoms with van der Waals surface area (Å²) >= 11 is 0. The van der Waals surface area contributed by atoms with Crippen LogP contribution in [0.1, 0.15) is 19.7 Å². The maximum atomic E-state index is 4.37. The van der Waals surface area contributed by atoms with Gasteiger partial charge < -0.3 is 14.8 Å². The topological polar surface area (TPSA) is 33.1 Å². The van der Waals surface area contributed by atoms with Gasteiger partial charge in [-0.2, -0.15) is 0 Å². The molecule has 0 bridgehead atoms. The number of hydrogen-bond acceptors (Lipinski definition) is 3.